The van der Waals surface area contributed by atoms with Crippen LogP contribution >= 0.6 is 0 Å². The van der Waals surface area contributed by atoms with Crippen LogP contribution in [0.25, 0.3) is 11.5 Å². The molecule has 0 spiro atoms. The van der Waals surface area contributed by atoms with Gasteiger partial charge in [-0.2, -0.15) is 4.98 Å². The van der Waals surface area contributed by atoms with Crippen LogP contribution in [0.3, 0.4) is 0 Å². The van der Waals surface area contributed by atoms with Crippen LogP contribution < -0.4 is 5.32 Å². The first-order chi connectivity index (χ1) is 10.5. The average molecular weight is 300 g/mol. The Balaban J connectivity index is 1.76. The van der Waals surface area contributed by atoms with Crippen molar-refractivity contribution in [3.05, 3.63) is 36.2 Å². The van der Waals surface area contributed by atoms with Gasteiger partial charge in [0.05, 0.1) is 6.54 Å². The van der Waals surface area contributed by atoms with E-state index in [0.717, 1.165) is 12.1 Å². The number of aromatic nitrogens is 2. The third-order valence-electron chi connectivity index (χ3n) is 3.97. The van der Waals surface area contributed by atoms with E-state index in [2.05, 4.69) is 34.2 Å². The largest absolute Gasteiger partial charge is 0.355 e. The van der Waals surface area contributed by atoms with E-state index in [-0.39, 0.29) is 11.4 Å². The summed E-state index contributed by atoms with van der Waals surface area (Å²) in [6, 6.07) is 9.71. The lowest BCUT2D eigenvalue weighted by Gasteiger charge is -2.34. The van der Waals surface area contributed by atoms with Gasteiger partial charge in [-0.3, -0.25) is 9.69 Å². The van der Waals surface area contributed by atoms with E-state index in [0.29, 0.717) is 31.2 Å². The summed E-state index contributed by atoms with van der Waals surface area (Å²) in [6.45, 7) is 6.12. The van der Waals surface area contributed by atoms with Crippen molar-refractivity contribution < 1.29 is 9.32 Å². The number of benzene rings is 1. The maximum absolute atomic E-state index is 11.7. The molecule has 0 unspecified atom stereocenters. The number of hydrogen-bond donors (Lipinski definition) is 1. The zero-order valence-electron chi connectivity index (χ0n) is 12.9. The van der Waals surface area contributed by atoms with Gasteiger partial charge in [-0.15, -0.1) is 0 Å². The van der Waals surface area contributed by atoms with E-state index >= 15 is 0 Å². The van der Waals surface area contributed by atoms with Crippen LogP contribution in [-0.2, 0) is 11.3 Å². The van der Waals surface area contributed by atoms with E-state index < -0.39 is 0 Å². The highest BCUT2D eigenvalue weighted by Gasteiger charge is 2.32. The van der Waals surface area contributed by atoms with Crippen molar-refractivity contribution in [1.29, 1.82) is 0 Å². The molecule has 3 rings (SSSR count). The minimum Gasteiger partial charge on any atom is -0.355 e. The molecule has 1 aliphatic heterocycles. The molecular formula is C16H20N4O2. The van der Waals surface area contributed by atoms with Gasteiger partial charge < -0.3 is 9.84 Å². The fraction of sp³-hybridized carbons (Fsp3) is 0.438. The third-order valence-corrected chi connectivity index (χ3v) is 3.97. The second-order valence-corrected chi connectivity index (χ2v) is 6.14. The molecule has 22 heavy (non-hydrogen) atoms. The van der Waals surface area contributed by atoms with Crippen molar-refractivity contribution in [3.63, 3.8) is 0 Å². The summed E-state index contributed by atoms with van der Waals surface area (Å²) in [5.74, 6) is 1.25. The number of nitrogens with zero attached hydrogens (tertiary/aromatic N) is 3. The molecule has 0 saturated carbocycles. The Morgan fingerprint density at radius 1 is 1.32 bits per heavy atom. The van der Waals surface area contributed by atoms with Gasteiger partial charge in [0, 0.05) is 30.6 Å². The van der Waals surface area contributed by atoms with Crippen molar-refractivity contribution in [2.24, 2.45) is 0 Å². The highest BCUT2D eigenvalue weighted by Crippen LogP contribution is 2.23. The molecule has 6 nitrogen and oxygen atoms in total. The molecular weight excluding hydrogens is 280 g/mol. The first-order valence-electron chi connectivity index (χ1n) is 7.44. The lowest BCUT2D eigenvalue weighted by molar-refractivity contribution is -0.122. The van der Waals surface area contributed by atoms with Gasteiger partial charge >= 0.3 is 0 Å². The van der Waals surface area contributed by atoms with Crippen LogP contribution in [0.2, 0.25) is 0 Å². The molecule has 1 amide bonds. The molecule has 0 aliphatic carbocycles. The molecule has 0 bridgehead atoms. The van der Waals surface area contributed by atoms with Crippen LogP contribution in [0.1, 0.15) is 26.1 Å². The SMILES string of the molecule is CC1(C)CC(=O)NCCN1Cc1noc(-c2ccccc2)n1. The molecule has 1 fully saturated rings. The zero-order valence-corrected chi connectivity index (χ0v) is 12.9. The highest BCUT2D eigenvalue weighted by molar-refractivity contribution is 5.77. The van der Waals surface area contributed by atoms with Gasteiger partial charge in [0.25, 0.3) is 5.89 Å². The van der Waals surface area contributed by atoms with Gasteiger partial charge in [-0.1, -0.05) is 23.4 Å². The quantitative estimate of drug-likeness (QED) is 0.936. The monoisotopic (exact) mass is 300 g/mol. The van der Waals surface area contributed by atoms with E-state index in [1.54, 1.807) is 0 Å². The topological polar surface area (TPSA) is 71.3 Å². The summed E-state index contributed by atoms with van der Waals surface area (Å²) in [5, 5.41) is 6.97. The van der Waals surface area contributed by atoms with Crippen LogP contribution in [0.5, 0.6) is 0 Å². The number of carbonyl (C=O) groups excluding carboxylic acids is 1. The molecule has 1 saturated heterocycles. The van der Waals surface area contributed by atoms with E-state index in [1.807, 2.05) is 30.3 Å². The maximum Gasteiger partial charge on any atom is 0.257 e. The zero-order chi connectivity index (χ0) is 15.6. The van der Waals surface area contributed by atoms with Gasteiger partial charge in [-0.25, -0.2) is 0 Å². The van der Waals surface area contributed by atoms with Gasteiger partial charge in [-0.05, 0) is 26.0 Å². The minimum absolute atomic E-state index is 0.0885. The van der Waals surface area contributed by atoms with Gasteiger partial charge in [0.15, 0.2) is 5.82 Å². The lowest BCUT2D eigenvalue weighted by atomic mass is 9.98. The van der Waals surface area contributed by atoms with Crippen molar-refractivity contribution in [3.8, 4) is 11.5 Å². The molecule has 2 heterocycles. The minimum atomic E-state index is -0.228. The highest BCUT2D eigenvalue weighted by atomic mass is 16.5. The first-order valence-corrected chi connectivity index (χ1v) is 7.44. The van der Waals surface area contributed by atoms with Crippen LogP contribution in [0, 0.1) is 0 Å². The molecule has 116 valence electrons. The smallest absolute Gasteiger partial charge is 0.257 e. The fourth-order valence-corrected chi connectivity index (χ4v) is 2.68. The number of nitrogens with one attached hydrogen (secondary N) is 1. The predicted octanol–water partition coefficient (Wildman–Crippen LogP) is 1.84. The van der Waals surface area contributed by atoms with Crippen LogP contribution in [0.15, 0.2) is 34.9 Å². The second-order valence-electron chi connectivity index (χ2n) is 6.14. The molecule has 2 aromatic rings. The Morgan fingerprint density at radius 2 is 2.09 bits per heavy atom. The molecule has 6 heteroatoms. The molecule has 0 atom stereocenters. The number of rotatable bonds is 3. The summed E-state index contributed by atoms with van der Waals surface area (Å²) in [5.41, 5.74) is 0.682. The number of carbonyl (C=O) groups is 1. The van der Waals surface area contributed by atoms with Crippen LogP contribution in [0.4, 0.5) is 0 Å². The predicted molar refractivity (Wildman–Crippen MR) is 81.8 cm³/mol. The Bertz CT molecular complexity index is 651. The molecule has 1 aliphatic rings. The van der Waals surface area contributed by atoms with Crippen molar-refractivity contribution >= 4 is 5.91 Å². The van der Waals surface area contributed by atoms with Gasteiger partial charge in [0.1, 0.15) is 0 Å². The Kier molecular flexibility index (Phi) is 3.94. The van der Waals surface area contributed by atoms with Crippen molar-refractivity contribution in [2.45, 2.75) is 32.4 Å². The van der Waals surface area contributed by atoms with E-state index in [9.17, 15) is 4.79 Å². The Labute approximate surface area is 129 Å². The normalized spacial score (nSPS) is 18.7. The third kappa shape index (κ3) is 3.17. The first kappa shape index (κ1) is 14.7. The summed E-state index contributed by atoms with van der Waals surface area (Å²) < 4.78 is 5.34. The van der Waals surface area contributed by atoms with E-state index in [4.69, 9.17) is 4.52 Å². The molecule has 0 radical (unpaired) electrons. The molecule has 1 N–H and O–H groups in total. The molecule has 1 aromatic heterocycles. The van der Waals surface area contributed by atoms with Crippen molar-refractivity contribution in [2.75, 3.05) is 13.1 Å². The average Bonchev–Trinajstić information content (AvgIpc) is 2.90. The van der Waals surface area contributed by atoms with Crippen molar-refractivity contribution in [1.82, 2.24) is 20.4 Å². The maximum atomic E-state index is 11.7. The van der Waals surface area contributed by atoms with Crippen LogP contribution in [-0.4, -0.2) is 39.6 Å². The number of amides is 1. The summed E-state index contributed by atoms with van der Waals surface area (Å²) in [4.78, 5) is 18.4. The summed E-state index contributed by atoms with van der Waals surface area (Å²) in [7, 11) is 0. The van der Waals surface area contributed by atoms with E-state index in [1.165, 1.54) is 0 Å². The fourth-order valence-electron chi connectivity index (χ4n) is 2.68. The Hall–Kier alpha value is -2.21. The Morgan fingerprint density at radius 3 is 2.86 bits per heavy atom. The standard InChI is InChI=1S/C16H20N4O2/c1-16(2)10-14(21)17-8-9-20(16)11-13-18-15(22-19-13)12-6-4-3-5-7-12/h3-7H,8-11H2,1-2H3,(H,17,21). The summed E-state index contributed by atoms with van der Waals surface area (Å²) in [6.07, 6.45) is 0.469. The lowest BCUT2D eigenvalue weighted by Crippen LogP contribution is -2.44. The molecule has 1 aromatic carbocycles. The summed E-state index contributed by atoms with van der Waals surface area (Å²) >= 11 is 0. The van der Waals surface area contributed by atoms with Gasteiger partial charge in [0.2, 0.25) is 5.91 Å². The second kappa shape index (κ2) is 5.88. The number of hydrogen-bond acceptors (Lipinski definition) is 5.